The van der Waals surface area contributed by atoms with Crippen molar-refractivity contribution in [3.8, 4) is 0 Å². The van der Waals surface area contributed by atoms with Gasteiger partial charge >= 0.3 is 0 Å². The van der Waals surface area contributed by atoms with Crippen LogP contribution < -0.4 is 5.73 Å². The first kappa shape index (κ1) is 10.6. The second kappa shape index (κ2) is 4.33. The van der Waals surface area contributed by atoms with Crippen LogP contribution >= 0.6 is 0 Å². The summed E-state index contributed by atoms with van der Waals surface area (Å²) >= 11 is 0. The number of nitrogens with two attached hydrogens (primary N) is 1. The predicted octanol–water partition coefficient (Wildman–Crippen LogP) is 0.910. The molecule has 0 saturated carbocycles. The smallest absolute Gasteiger partial charge is 0.109 e. The Bertz CT molecular complexity index is 346. The van der Waals surface area contributed by atoms with Crippen LogP contribution in [0.25, 0.3) is 0 Å². The summed E-state index contributed by atoms with van der Waals surface area (Å²) in [5, 5.41) is 10.0. The van der Waals surface area contributed by atoms with Gasteiger partial charge in [0.2, 0.25) is 0 Å². The molecule has 2 rings (SSSR count). The third-order valence-corrected chi connectivity index (χ3v) is 3.06. The monoisotopic (exact) mass is 209 g/mol. The molecule has 3 N–H and O–H groups in total. The van der Waals surface area contributed by atoms with E-state index in [1.807, 2.05) is 6.92 Å². The van der Waals surface area contributed by atoms with Gasteiger partial charge in [-0.1, -0.05) is 0 Å². The van der Waals surface area contributed by atoms with Crippen LogP contribution in [0.2, 0.25) is 0 Å². The van der Waals surface area contributed by atoms with E-state index in [0.29, 0.717) is 13.0 Å². The Morgan fingerprint density at radius 2 is 2.33 bits per heavy atom. The fourth-order valence-corrected chi connectivity index (χ4v) is 2.35. The molecular weight excluding hydrogens is 190 g/mol. The van der Waals surface area contributed by atoms with Crippen molar-refractivity contribution in [2.45, 2.75) is 45.3 Å². The quantitative estimate of drug-likeness (QED) is 0.777. The van der Waals surface area contributed by atoms with Gasteiger partial charge in [-0.25, -0.2) is 4.98 Å². The first-order chi connectivity index (χ1) is 7.24. The van der Waals surface area contributed by atoms with Crippen LogP contribution in [-0.2, 0) is 13.0 Å². The number of aliphatic hydroxyl groups is 1. The van der Waals surface area contributed by atoms with E-state index in [1.165, 1.54) is 12.8 Å². The summed E-state index contributed by atoms with van der Waals surface area (Å²) in [6.45, 7) is 3.48. The summed E-state index contributed by atoms with van der Waals surface area (Å²) in [4.78, 5) is 4.52. The van der Waals surface area contributed by atoms with Crippen LogP contribution in [0.5, 0.6) is 0 Å². The fourth-order valence-electron chi connectivity index (χ4n) is 2.35. The summed E-state index contributed by atoms with van der Waals surface area (Å²) < 4.78 is 2.18. The first-order valence-corrected chi connectivity index (χ1v) is 5.68. The molecule has 0 amide bonds. The van der Waals surface area contributed by atoms with Crippen molar-refractivity contribution in [1.82, 2.24) is 9.55 Å². The SMILES string of the molecule is Cc1nc2n(c1C(O)CCN)CCCC2. The molecule has 1 aliphatic heterocycles. The summed E-state index contributed by atoms with van der Waals surface area (Å²) in [6, 6.07) is 0. The Hall–Kier alpha value is -0.870. The van der Waals surface area contributed by atoms with E-state index in [1.54, 1.807) is 0 Å². The van der Waals surface area contributed by atoms with Gasteiger partial charge in [0.1, 0.15) is 5.82 Å². The number of hydrogen-bond donors (Lipinski definition) is 2. The highest BCUT2D eigenvalue weighted by atomic mass is 16.3. The number of fused-ring (bicyclic) bond motifs is 1. The molecule has 0 aliphatic carbocycles. The van der Waals surface area contributed by atoms with Crippen LogP contribution in [0.15, 0.2) is 0 Å². The second-order valence-electron chi connectivity index (χ2n) is 4.20. The molecule has 1 aromatic rings. The third kappa shape index (κ3) is 1.92. The van der Waals surface area contributed by atoms with Crippen LogP contribution in [0, 0.1) is 6.92 Å². The van der Waals surface area contributed by atoms with Gasteiger partial charge in [0, 0.05) is 13.0 Å². The molecule has 1 unspecified atom stereocenters. The fraction of sp³-hybridized carbons (Fsp3) is 0.727. The summed E-state index contributed by atoms with van der Waals surface area (Å²) in [5.41, 5.74) is 7.42. The zero-order valence-electron chi connectivity index (χ0n) is 9.24. The normalized spacial score (nSPS) is 17.5. The number of hydrogen-bond acceptors (Lipinski definition) is 3. The van der Waals surface area contributed by atoms with E-state index in [4.69, 9.17) is 5.73 Å². The Labute approximate surface area is 90.1 Å². The number of imidazole rings is 1. The van der Waals surface area contributed by atoms with Gasteiger partial charge in [-0.05, 0) is 32.7 Å². The Balaban J connectivity index is 2.32. The Kier molecular flexibility index (Phi) is 3.07. The minimum Gasteiger partial charge on any atom is -0.387 e. The number of aromatic nitrogens is 2. The highest BCUT2D eigenvalue weighted by Gasteiger charge is 2.21. The van der Waals surface area contributed by atoms with Crippen molar-refractivity contribution in [1.29, 1.82) is 0 Å². The van der Waals surface area contributed by atoms with Crippen molar-refractivity contribution < 1.29 is 5.11 Å². The second-order valence-corrected chi connectivity index (χ2v) is 4.20. The molecule has 0 saturated heterocycles. The minimum atomic E-state index is -0.450. The molecule has 1 aliphatic rings. The molecule has 15 heavy (non-hydrogen) atoms. The average molecular weight is 209 g/mol. The zero-order valence-corrected chi connectivity index (χ0v) is 9.24. The molecule has 0 radical (unpaired) electrons. The number of rotatable bonds is 3. The minimum absolute atomic E-state index is 0.450. The molecule has 0 spiro atoms. The van der Waals surface area contributed by atoms with Crippen molar-refractivity contribution in [3.63, 3.8) is 0 Å². The van der Waals surface area contributed by atoms with Gasteiger partial charge in [-0.3, -0.25) is 0 Å². The molecule has 1 atom stereocenters. The topological polar surface area (TPSA) is 64.1 Å². The molecule has 0 bridgehead atoms. The van der Waals surface area contributed by atoms with Gasteiger partial charge in [0.25, 0.3) is 0 Å². The van der Waals surface area contributed by atoms with E-state index in [-0.39, 0.29) is 0 Å². The van der Waals surface area contributed by atoms with Gasteiger partial charge in [0.05, 0.1) is 17.5 Å². The molecule has 2 heterocycles. The zero-order chi connectivity index (χ0) is 10.8. The molecule has 1 aromatic heterocycles. The highest BCUT2D eigenvalue weighted by Crippen LogP contribution is 2.25. The van der Waals surface area contributed by atoms with Crippen LogP contribution in [0.1, 0.15) is 42.6 Å². The maximum absolute atomic E-state index is 10.0. The van der Waals surface area contributed by atoms with Crippen LogP contribution in [0.3, 0.4) is 0 Å². The van der Waals surface area contributed by atoms with Crippen molar-refractivity contribution >= 4 is 0 Å². The highest BCUT2D eigenvalue weighted by molar-refractivity contribution is 5.19. The summed E-state index contributed by atoms with van der Waals surface area (Å²) in [7, 11) is 0. The Morgan fingerprint density at radius 3 is 3.07 bits per heavy atom. The molecular formula is C11H19N3O. The van der Waals surface area contributed by atoms with Crippen molar-refractivity contribution in [2.24, 2.45) is 5.73 Å². The lowest BCUT2D eigenvalue weighted by molar-refractivity contribution is 0.158. The van der Waals surface area contributed by atoms with Gasteiger partial charge in [-0.15, -0.1) is 0 Å². The largest absolute Gasteiger partial charge is 0.387 e. The van der Waals surface area contributed by atoms with E-state index in [0.717, 1.165) is 30.2 Å². The predicted molar refractivity (Wildman–Crippen MR) is 58.5 cm³/mol. The number of aliphatic hydroxyl groups excluding tert-OH is 1. The Morgan fingerprint density at radius 1 is 1.53 bits per heavy atom. The molecule has 4 heteroatoms. The van der Waals surface area contributed by atoms with Gasteiger partial charge in [0.15, 0.2) is 0 Å². The van der Waals surface area contributed by atoms with E-state index < -0.39 is 6.10 Å². The maximum Gasteiger partial charge on any atom is 0.109 e. The van der Waals surface area contributed by atoms with Gasteiger partial charge < -0.3 is 15.4 Å². The van der Waals surface area contributed by atoms with E-state index in [9.17, 15) is 5.11 Å². The van der Waals surface area contributed by atoms with E-state index in [2.05, 4.69) is 9.55 Å². The first-order valence-electron chi connectivity index (χ1n) is 5.68. The molecule has 84 valence electrons. The number of nitrogens with zero attached hydrogens (tertiary/aromatic N) is 2. The molecule has 0 aromatic carbocycles. The van der Waals surface area contributed by atoms with E-state index >= 15 is 0 Å². The van der Waals surface area contributed by atoms with Crippen LogP contribution in [0.4, 0.5) is 0 Å². The molecule has 4 nitrogen and oxygen atoms in total. The van der Waals surface area contributed by atoms with Crippen molar-refractivity contribution in [3.05, 3.63) is 17.2 Å². The summed E-state index contributed by atoms with van der Waals surface area (Å²) in [5.74, 6) is 1.13. The lowest BCUT2D eigenvalue weighted by atomic mass is 10.1. The number of aryl methyl sites for hydroxylation is 2. The maximum atomic E-state index is 10.0. The summed E-state index contributed by atoms with van der Waals surface area (Å²) in [6.07, 6.45) is 3.60. The van der Waals surface area contributed by atoms with Crippen molar-refractivity contribution in [2.75, 3.05) is 6.54 Å². The standard InChI is InChI=1S/C11H19N3O/c1-8-11(9(15)5-6-12)14-7-3-2-4-10(14)13-8/h9,15H,2-7,12H2,1H3. The average Bonchev–Trinajstić information content (AvgIpc) is 2.54. The third-order valence-electron chi connectivity index (χ3n) is 3.06. The van der Waals surface area contributed by atoms with Crippen LogP contribution in [-0.4, -0.2) is 21.2 Å². The lowest BCUT2D eigenvalue weighted by Gasteiger charge is -2.19. The molecule has 0 fully saturated rings. The lowest BCUT2D eigenvalue weighted by Crippen LogP contribution is -2.17. The van der Waals surface area contributed by atoms with Gasteiger partial charge in [-0.2, -0.15) is 0 Å².